The molecule has 0 aliphatic heterocycles. The first-order chi connectivity index (χ1) is 7.13. The highest BCUT2D eigenvalue weighted by Crippen LogP contribution is 2.15. The zero-order valence-corrected chi connectivity index (χ0v) is 10.0. The van der Waals surface area contributed by atoms with Gasteiger partial charge >= 0.3 is 0 Å². The van der Waals surface area contributed by atoms with Gasteiger partial charge in [-0.2, -0.15) is 0 Å². The van der Waals surface area contributed by atoms with Gasteiger partial charge in [-0.15, -0.1) is 0 Å². The molecule has 0 radical (unpaired) electrons. The van der Waals surface area contributed by atoms with Crippen LogP contribution in [-0.4, -0.2) is 17.6 Å². The van der Waals surface area contributed by atoms with Crippen LogP contribution in [0.2, 0.25) is 0 Å². The maximum absolute atomic E-state index is 4.19. The number of aromatic nitrogens is 1. The molecule has 0 aliphatic carbocycles. The Kier molecular flexibility index (Phi) is 4.40. The van der Waals surface area contributed by atoms with E-state index in [2.05, 4.69) is 49.4 Å². The van der Waals surface area contributed by atoms with E-state index in [9.17, 15) is 0 Å². The first-order valence-corrected chi connectivity index (χ1v) is 5.59. The molecule has 0 spiro atoms. The Morgan fingerprint density at radius 1 is 1.20 bits per heavy atom. The second-order valence-electron chi connectivity index (χ2n) is 4.17. The van der Waals surface area contributed by atoms with Gasteiger partial charge in [0.15, 0.2) is 0 Å². The summed E-state index contributed by atoms with van der Waals surface area (Å²) in [4.78, 5) is 4.19. The summed E-state index contributed by atoms with van der Waals surface area (Å²) in [6.45, 7) is 9.60. The van der Waals surface area contributed by atoms with Gasteiger partial charge in [0.2, 0.25) is 0 Å². The molecule has 15 heavy (non-hydrogen) atoms. The van der Waals surface area contributed by atoms with Crippen molar-refractivity contribution in [2.24, 2.45) is 5.92 Å². The fourth-order valence-electron chi connectivity index (χ4n) is 1.25. The predicted octanol–water partition coefficient (Wildman–Crippen LogP) is 2.97. The van der Waals surface area contributed by atoms with Crippen molar-refractivity contribution in [2.45, 2.75) is 33.7 Å². The van der Waals surface area contributed by atoms with Gasteiger partial charge in [-0.1, -0.05) is 13.8 Å². The molecule has 0 fully saturated rings. The van der Waals surface area contributed by atoms with Crippen molar-refractivity contribution in [1.82, 2.24) is 4.98 Å². The van der Waals surface area contributed by atoms with E-state index in [0.29, 0.717) is 12.0 Å². The first-order valence-electron chi connectivity index (χ1n) is 5.59. The summed E-state index contributed by atoms with van der Waals surface area (Å²) in [6, 6.07) is 2.55. The lowest BCUT2D eigenvalue weighted by atomic mass is 10.1. The van der Waals surface area contributed by atoms with Crippen LogP contribution in [0.3, 0.4) is 0 Å². The standard InChI is InChI=1S/C12H21N3/c1-5-14-11-6-12(8-13-7-11)15-10(4)9(2)3/h6-10,14-15H,5H2,1-4H3. The van der Waals surface area contributed by atoms with E-state index in [4.69, 9.17) is 0 Å². The molecule has 1 heterocycles. The van der Waals surface area contributed by atoms with Crippen LogP contribution < -0.4 is 10.6 Å². The van der Waals surface area contributed by atoms with Crippen LogP contribution in [0.5, 0.6) is 0 Å². The van der Waals surface area contributed by atoms with Crippen LogP contribution in [0.4, 0.5) is 11.4 Å². The van der Waals surface area contributed by atoms with Crippen molar-refractivity contribution < 1.29 is 0 Å². The molecule has 0 saturated heterocycles. The molecule has 0 bridgehead atoms. The van der Waals surface area contributed by atoms with E-state index >= 15 is 0 Å². The number of hydrogen-bond acceptors (Lipinski definition) is 3. The summed E-state index contributed by atoms with van der Waals surface area (Å²) in [7, 11) is 0. The third kappa shape index (κ3) is 3.78. The van der Waals surface area contributed by atoms with E-state index in [1.807, 2.05) is 12.4 Å². The van der Waals surface area contributed by atoms with E-state index in [0.717, 1.165) is 17.9 Å². The number of hydrogen-bond donors (Lipinski definition) is 2. The van der Waals surface area contributed by atoms with Crippen molar-refractivity contribution in [1.29, 1.82) is 0 Å². The Hall–Kier alpha value is -1.25. The summed E-state index contributed by atoms with van der Waals surface area (Å²) in [6.07, 6.45) is 3.70. The summed E-state index contributed by atoms with van der Waals surface area (Å²) in [5, 5.41) is 6.69. The maximum Gasteiger partial charge on any atom is 0.0549 e. The third-order valence-electron chi connectivity index (χ3n) is 2.51. The van der Waals surface area contributed by atoms with Crippen LogP contribution in [0.1, 0.15) is 27.7 Å². The molecule has 2 N–H and O–H groups in total. The fourth-order valence-corrected chi connectivity index (χ4v) is 1.25. The Labute approximate surface area is 92.3 Å². The fraction of sp³-hybridized carbons (Fsp3) is 0.583. The molecule has 1 atom stereocenters. The smallest absolute Gasteiger partial charge is 0.0549 e. The summed E-state index contributed by atoms with van der Waals surface area (Å²) in [5.74, 6) is 0.618. The normalized spacial score (nSPS) is 12.6. The van der Waals surface area contributed by atoms with Gasteiger partial charge in [0.25, 0.3) is 0 Å². The monoisotopic (exact) mass is 207 g/mol. The van der Waals surface area contributed by atoms with Crippen LogP contribution in [0.25, 0.3) is 0 Å². The van der Waals surface area contributed by atoms with Gasteiger partial charge in [-0.05, 0) is 25.8 Å². The SMILES string of the molecule is CCNc1cncc(NC(C)C(C)C)c1. The summed E-state index contributed by atoms with van der Waals surface area (Å²) < 4.78 is 0. The lowest BCUT2D eigenvalue weighted by Crippen LogP contribution is -2.21. The molecule has 0 saturated carbocycles. The predicted molar refractivity (Wildman–Crippen MR) is 66.3 cm³/mol. The zero-order chi connectivity index (χ0) is 11.3. The lowest BCUT2D eigenvalue weighted by Gasteiger charge is -2.18. The van der Waals surface area contributed by atoms with Crippen molar-refractivity contribution in [3.63, 3.8) is 0 Å². The van der Waals surface area contributed by atoms with Gasteiger partial charge in [0, 0.05) is 12.6 Å². The average Bonchev–Trinajstić information content (AvgIpc) is 2.18. The highest BCUT2D eigenvalue weighted by molar-refractivity contribution is 5.54. The summed E-state index contributed by atoms with van der Waals surface area (Å²) in [5.41, 5.74) is 2.15. The highest BCUT2D eigenvalue weighted by atomic mass is 14.9. The van der Waals surface area contributed by atoms with Gasteiger partial charge in [0.05, 0.1) is 23.8 Å². The quantitative estimate of drug-likeness (QED) is 0.779. The Bertz CT molecular complexity index is 297. The molecule has 3 nitrogen and oxygen atoms in total. The first kappa shape index (κ1) is 11.8. The van der Waals surface area contributed by atoms with Gasteiger partial charge in [-0.3, -0.25) is 4.98 Å². The molecule has 1 aromatic heterocycles. The minimum absolute atomic E-state index is 0.462. The van der Waals surface area contributed by atoms with Gasteiger partial charge in [0.1, 0.15) is 0 Å². The van der Waals surface area contributed by atoms with E-state index < -0.39 is 0 Å². The molecule has 1 rings (SSSR count). The van der Waals surface area contributed by atoms with Crippen LogP contribution in [0.15, 0.2) is 18.5 Å². The topological polar surface area (TPSA) is 37.0 Å². The number of nitrogens with one attached hydrogen (secondary N) is 2. The molecule has 84 valence electrons. The van der Waals surface area contributed by atoms with Crippen LogP contribution >= 0.6 is 0 Å². The van der Waals surface area contributed by atoms with E-state index in [1.165, 1.54) is 0 Å². The molecular formula is C12H21N3. The van der Waals surface area contributed by atoms with E-state index in [-0.39, 0.29) is 0 Å². The molecule has 0 amide bonds. The molecule has 1 aromatic rings. The van der Waals surface area contributed by atoms with Gasteiger partial charge < -0.3 is 10.6 Å². The van der Waals surface area contributed by atoms with Crippen molar-refractivity contribution in [2.75, 3.05) is 17.2 Å². The third-order valence-corrected chi connectivity index (χ3v) is 2.51. The summed E-state index contributed by atoms with van der Waals surface area (Å²) >= 11 is 0. The minimum Gasteiger partial charge on any atom is -0.384 e. The maximum atomic E-state index is 4.19. The number of rotatable bonds is 5. The molecule has 3 heteroatoms. The highest BCUT2D eigenvalue weighted by Gasteiger charge is 2.06. The zero-order valence-electron chi connectivity index (χ0n) is 10.0. The Morgan fingerprint density at radius 3 is 2.47 bits per heavy atom. The number of pyridine rings is 1. The minimum atomic E-state index is 0.462. The van der Waals surface area contributed by atoms with Crippen molar-refractivity contribution in [3.8, 4) is 0 Å². The molecule has 1 unspecified atom stereocenters. The van der Waals surface area contributed by atoms with E-state index in [1.54, 1.807) is 0 Å². The van der Waals surface area contributed by atoms with Crippen LogP contribution in [0, 0.1) is 5.92 Å². The second-order valence-corrected chi connectivity index (χ2v) is 4.17. The molecular weight excluding hydrogens is 186 g/mol. The average molecular weight is 207 g/mol. The second kappa shape index (κ2) is 5.59. The number of anilines is 2. The molecule has 0 aliphatic rings. The van der Waals surface area contributed by atoms with Crippen molar-refractivity contribution >= 4 is 11.4 Å². The van der Waals surface area contributed by atoms with Crippen LogP contribution in [-0.2, 0) is 0 Å². The number of nitrogens with zero attached hydrogens (tertiary/aromatic N) is 1. The molecule has 0 aromatic carbocycles. The largest absolute Gasteiger partial charge is 0.384 e. The Balaban J connectivity index is 2.64. The van der Waals surface area contributed by atoms with Crippen molar-refractivity contribution in [3.05, 3.63) is 18.5 Å². The Morgan fingerprint density at radius 2 is 1.87 bits per heavy atom. The lowest BCUT2D eigenvalue weighted by molar-refractivity contribution is 0.560. The van der Waals surface area contributed by atoms with Gasteiger partial charge in [-0.25, -0.2) is 0 Å².